The molecule has 0 N–H and O–H groups in total. The summed E-state index contributed by atoms with van der Waals surface area (Å²) in [7, 11) is 0. The van der Waals surface area contributed by atoms with Crippen molar-refractivity contribution in [2.45, 2.75) is 39.0 Å². The Morgan fingerprint density at radius 2 is 1.58 bits per heavy atom. The highest BCUT2D eigenvalue weighted by atomic mass is 16.5. The molecular formula is C21H24O3. The first kappa shape index (κ1) is 17.9. The lowest BCUT2D eigenvalue weighted by Gasteiger charge is -2.10. The number of unbranched alkanes of at least 4 members (excludes halogenated alkanes) is 1. The molecule has 0 fully saturated rings. The molecule has 0 aromatic heterocycles. The van der Waals surface area contributed by atoms with E-state index in [1.54, 1.807) is 12.1 Å². The molecule has 0 atom stereocenters. The monoisotopic (exact) mass is 324 g/mol. The molecule has 0 spiro atoms. The summed E-state index contributed by atoms with van der Waals surface area (Å²) in [5, 5.41) is 0. The van der Waals surface area contributed by atoms with E-state index in [2.05, 4.69) is 6.92 Å². The van der Waals surface area contributed by atoms with Crippen LogP contribution in [0.4, 0.5) is 0 Å². The summed E-state index contributed by atoms with van der Waals surface area (Å²) in [5.41, 5.74) is 2.66. The number of esters is 1. The number of ketones is 1. The zero-order valence-corrected chi connectivity index (χ0v) is 14.2. The minimum atomic E-state index is -0.313. The first-order valence-corrected chi connectivity index (χ1v) is 8.51. The molecule has 0 aliphatic rings. The van der Waals surface area contributed by atoms with Gasteiger partial charge in [-0.1, -0.05) is 55.8 Å². The molecule has 0 bridgehead atoms. The van der Waals surface area contributed by atoms with E-state index in [-0.39, 0.29) is 11.8 Å². The minimum Gasteiger partial charge on any atom is -0.462 e. The molecule has 0 amide bonds. The second-order valence-electron chi connectivity index (χ2n) is 5.84. The normalized spacial score (nSPS) is 10.4. The van der Waals surface area contributed by atoms with Crippen LogP contribution in [-0.2, 0) is 22.4 Å². The van der Waals surface area contributed by atoms with Crippen LogP contribution in [0.1, 0.15) is 47.7 Å². The predicted octanol–water partition coefficient (Wildman–Crippen LogP) is 4.39. The zero-order valence-electron chi connectivity index (χ0n) is 14.2. The van der Waals surface area contributed by atoms with Crippen LogP contribution in [0.3, 0.4) is 0 Å². The zero-order chi connectivity index (χ0) is 17.2. The van der Waals surface area contributed by atoms with Gasteiger partial charge in [0.1, 0.15) is 5.78 Å². The van der Waals surface area contributed by atoms with Gasteiger partial charge in [-0.2, -0.15) is 0 Å². The van der Waals surface area contributed by atoms with Crippen molar-refractivity contribution in [3.05, 3.63) is 71.3 Å². The van der Waals surface area contributed by atoms with E-state index in [0.29, 0.717) is 31.4 Å². The highest BCUT2D eigenvalue weighted by molar-refractivity contribution is 5.89. The van der Waals surface area contributed by atoms with Crippen LogP contribution in [0.15, 0.2) is 54.6 Å². The quantitative estimate of drug-likeness (QED) is 0.643. The molecule has 3 heteroatoms. The molecule has 126 valence electrons. The van der Waals surface area contributed by atoms with Crippen molar-refractivity contribution in [2.75, 3.05) is 6.61 Å². The third-order valence-corrected chi connectivity index (χ3v) is 3.93. The lowest BCUT2D eigenvalue weighted by atomic mass is 9.98. The van der Waals surface area contributed by atoms with Crippen molar-refractivity contribution in [1.29, 1.82) is 0 Å². The van der Waals surface area contributed by atoms with Gasteiger partial charge in [-0.25, -0.2) is 4.79 Å². The van der Waals surface area contributed by atoms with Crippen LogP contribution in [0, 0.1) is 0 Å². The van der Waals surface area contributed by atoms with Crippen LogP contribution >= 0.6 is 0 Å². The molecule has 0 radical (unpaired) electrons. The third-order valence-electron chi connectivity index (χ3n) is 3.93. The van der Waals surface area contributed by atoms with E-state index in [9.17, 15) is 9.59 Å². The van der Waals surface area contributed by atoms with E-state index < -0.39 is 0 Å². The van der Waals surface area contributed by atoms with E-state index in [1.165, 1.54) is 0 Å². The summed E-state index contributed by atoms with van der Waals surface area (Å²) in [6.45, 7) is 2.40. The van der Waals surface area contributed by atoms with Crippen molar-refractivity contribution >= 4 is 11.8 Å². The van der Waals surface area contributed by atoms with Crippen molar-refractivity contribution < 1.29 is 14.3 Å². The first-order valence-electron chi connectivity index (χ1n) is 8.51. The van der Waals surface area contributed by atoms with E-state index >= 15 is 0 Å². The van der Waals surface area contributed by atoms with E-state index in [1.807, 2.05) is 42.5 Å². The second kappa shape index (κ2) is 9.66. The third kappa shape index (κ3) is 5.65. The summed E-state index contributed by atoms with van der Waals surface area (Å²) in [4.78, 5) is 23.9. The number of hydrogen-bond donors (Lipinski definition) is 0. The Bertz CT molecular complexity index is 662. The topological polar surface area (TPSA) is 43.4 Å². The van der Waals surface area contributed by atoms with Gasteiger partial charge in [0.2, 0.25) is 0 Å². The fraction of sp³-hybridized carbons (Fsp3) is 0.333. The fourth-order valence-electron chi connectivity index (χ4n) is 2.56. The van der Waals surface area contributed by atoms with Crippen LogP contribution in [0.2, 0.25) is 0 Å². The molecule has 3 nitrogen and oxygen atoms in total. The standard InChI is InChI=1S/C21H24O3/c1-2-3-13-20(22)16-19-12-8-7-9-17(19)14-15-24-21(23)18-10-5-4-6-11-18/h4-12H,2-3,13-16H2,1H3. The Morgan fingerprint density at radius 3 is 2.29 bits per heavy atom. The van der Waals surface area contributed by atoms with Crippen molar-refractivity contribution in [3.8, 4) is 0 Å². The highest BCUT2D eigenvalue weighted by Crippen LogP contribution is 2.13. The maximum Gasteiger partial charge on any atom is 0.338 e. The van der Waals surface area contributed by atoms with E-state index in [0.717, 1.165) is 24.0 Å². The summed E-state index contributed by atoms with van der Waals surface area (Å²) >= 11 is 0. The molecule has 0 heterocycles. The fourth-order valence-corrected chi connectivity index (χ4v) is 2.56. The summed E-state index contributed by atoms with van der Waals surface area (Å²) in [6, 6.07) is 16.9. The number of ether oxygens (including phenoxy) is 1. The largest absolute Gasteiger partial charge is 0.462 e. The average molecular weight is 324 g/mol. The SMILES string of the molecule is CCCCC(=O)Cc1ccccc1CCOC(=O)c1ccccc1. The Morgan fingerprint density at radius 1 is 0.917 bits per heavy atom. The molecule has 0 saturated carbocycles. The maximum absolute atomic E-state index is 12.0. The average Bonchev–Trinajstić information content (AvgIpc) is 2.62. The Labute approximate surface area is 143 Å². The first-order chi connectivity index (χ1) is 11.7. The van der Waals surface area contributed by atoms with Crippen molar-refractivity contribution in [3.63, 3.8) is 0 Å². The lowest BCUT2D eigenvalue weighted by molar-refractivity contribution is -0.118. The number of carbonyl (C=O) groups is 2. The number of hydrogen-bond acceptors (Lipinski definition) is 3. The Kier molecular flexibility index (Phi) is 7.21. The molecule has 0 aliphatic carbocycles. The highest BCUT2D eigenvalue weighted by Gasteiger charge is 2.09. The molecule has 2 aromatic carbocycles. The van der Waals surface area contributed by atoms with Gasteiger partial charge < -0.3 is 4.74 Å². The molecule has 2 aromatic rings. The molecule has 0 aliphatic heterocycles. The summed E-state index contributed by atoms with van der Waals surface area (Å²) in [6.07, 6.45) is 3.69. The van der Waals surface area contributed by atoms with Crippen LogP contribution < -0.4 is 0 Å². The van der Waals surface area contributed by atoms with E-state index in [4.69, 9.17) is 4.74 Å². The number of benzene rings is 2. The molecule has 24 heavy (non-hydrogen) atoms. The van der Waals surface area contributed by atoms with Crippen molar-refractivity contribution in [2.24, 2.45) is 0 Å². The van der Waals surface area contributed by atoms with Crippen LogP contribution in [-0.4, -0.2) is 18.4 Å². The summed E-state index contributed by atoms with van der Waals surface area (Å²) in [5.74, 6) is -0.0438. The lowest BCUT2D eigenvalue weighted by Crippen LogP contribution is -2.10. The molecular weight excluding hydrogens is 300 g/mol. The molecule has 0 unspecified atom stereocenters. The van der Waals surface area contributed by atoms with Gasteiger partial charge in [0.25, 0.3) is 0 Å². The maximum atomic E-state index is 12.0. The number of carbonyl (C=O) groups excluding carboxylic acids is 2. The van der Waals surface area contributed by atoms with Gasteiger partial charge in [0, 0.05) is 19.3 Å². The molecule has 0 saturated heterocycles. The van der Waals surface area contributed by atoms with Crippen LogP contribution in [0.25, 0.3) is 0 Å². The van der Waals surface area contributed by atoms with Gasteiger partial charge in [0.05, 0.1) is 12.2 Å². The predicted molar refractivity (Wildman–Crippen MR) is 95.1 cm³/mol. The van der Waals surface area contributed by atoms with Gasteiger partial charge in [0.15, 0.2) is 0 Å². The minimum absolute atomic E-state index is 0.269. The second-order valence-corrected chi connectivity index (χ2v) is 5.84. The van der Waals surface area contributed by atoms with Gasteiger partial charge in [-0.15, -0.1) is 0 Å². The Balaban J connectivity index is 1.88. The van der Waals surface area contributed by atoms with Gasteiger partial charge in [-0.3, -0.25) is 4.79 Å². The number of rotatable bonds is 9. The van der Waals surface area contributed by atoms with Gasteiger partial charge in [-0.05, 0) is 29.7 Å². The smallest absolute Gasteiger partial charge is 0.338 e. The summed E-state index contributed by atoms with van der Waals surface area (Å²) < 4.78 is 5.33. The van der Waals surface area contributed by atoms with Crippen molar-refractivity contribution in [1.82, 2.24) is 0 Å². The van der Waals surface area contributed by atoms with Gasteiger partial charge >= 0.3 is 5.97 Å². The van der Waals surface area contributed by atoms with Crippen LogP contribution in [0.5, 0.6) is 0 Å². The number of Topliss-reactive ketones (excluding diaryl/α,β-unsaturated/α-hetero) is 1. The Hall–Kier alpha value is -2.42. The molecule has 2 rings (SSSR count).